The van der Waals surface area contributed by atoms with E-state index in [1.54, 1.807) is 30.0 Å². The molecule has 2 aromatic carbocycles. The van der Waals surface area contributed by atoms with Gasteiger partial charge in [-0.05, 0) is 55.7 Å². The number of hydrogen-bond acceptors (Lipinski definition) is 3. The highest BCUT2D eigenvalue weighted by Crippen LogP contribution is 2.28. The molecule has 1 atom stereocenters. The average molecular weight is 573 g/mol. The Bertz CT molecular complexity index is 935. The van der Waals surface area contributed by atoms with E-state index in [1.807, 2.05) is 24.3 Å². The maximum absolute atomic E-state index is 13.1. The molecule has 1 aliphatic rings. The van der Waals surface area contributed by atoms with Crippen molar-refractivity contribution in [2.75, 3.05) is 6.61 Å². The first kappa shape index (κ1) is 24.1. The van der Waals surface area contributed by atoms with Crippen molar-refractivity contribution >= 4 is 55.3 Å². The van der Waals surface area contributed by atoms with Gasteiger partial charge >= 0.3 is 0 Å². The van der Waals surface area contributed by atoms with Crippen LogP contribution in [0.1, 0.15) is 38.2 Å². The molecule has 166 valence electrons. The number of hydrogen-bond donors (Lipinski definition) is 1. The minimum atomic E-state index is -0.629. The number of nitrogens with zero attached hydrogens (tertiary/aromatic N) is 1. The van der Waals surface area contributed by atoms with Crippen molar-refractivity contribution in [2.24, 2.45) is 0 Å². The highest BCUT2D eigenvalue weighted by Gasteiger charge is 2.29. The Kier molecular flexibility index (Phi) is 8.81. The molecule has 0 aliphatic heterocycles. The number of benzene rings is 2. The van der Waals surface area contributed by atoms with Crippen molar-refractivity contribution in [3.05, 3.63) is 62.0 Å². The first-order valence-corrected chi connectivity index (χ1v) is 12.2. The molecule has 0 saturated heterocycles. The zero-order valence-electron chi connectivity index (χ0n) is 17.2. The molecule has 0 bridgehead atoms. The monoisotopic (exact) mass is 570 g/mol. The highest BCUT2D eigenvalue weighted by atomic mass is 79.9. The Morgan fingerprint density at radius 2 is 1.87 bits per heavy atom. The van der Waals surface area contributed by atoms with Crippen LogP contribution in [0.3, 0.4) is 0 Å². The predicted octanol–water partition coefficient (Wildman–Crippen LogP) is 5.72. The van der Waals surface area contributed by atoms with E-state index in [1.165, 1.54) is 0 Å². The third-order valence-corrected chi connectivity index (χ3v) is 6.64. The number of ether oxygens (including phenoxy) is 1. The molecule has 1 fully saturated rings. The van der Waals surface area contributed by atoms with Crippen LogP contribution in [-0.2, 0) is 16.1 Å². The molecule has 0 aromatic heterocycles. The van der Waals surface area contributed by atoms with Crippen molar-refractivity contribution in [1.82, 2.24) is 10.2 Å². The van der Waals surface area contributed by atoms with E-state index in [0.717, 1.165) is 40.2 Å². The van der Waals surface area contributed by atoms with Crippen molar-refractivity contribution in [1.29, 1.82) is 0 Å². The summed E-state index contributed by atoms with van der Waals surface area (Å²) < 4.78 is 7.41. The van der Waals surface area contributed by atoms with Crippen molar-refractivity contribution in [2.45, 2.75) is 51.2 Å². The zero-order valence-corrected chi connectivity index (χ0v) is 21.2. The van der Waals surface area contributed by atoms with Crippen molar-refractivity contribution in [3.63, 3.8) is 0 Å². The van der Waals surface area contributed by atoms with Gasteiger partial charge in [0.15, 0.2) is 6.61 Å². The second-order valence-electron chi connectivity index (χ2n) is 7.68. The molecule has 8 heteroatoms. The van der Waals surface area contributed by atoms with Gasteiger partial charge in [0.25, 0.3) is 5.91 Å². The molecule has 1 saturated carbocycles. The van der Waals surface area contributed by atoms with Gasteiger partial charge in [-0.25, -0.2) is 0 Å². The maximum atomic E-state index is 13.1. The molecule has 1 N–H and O–H groups in total. The predicted molar refractivity (Wildman–Crippen MR) is 129 cm³/mol. The van der Waals surface area contributed by atoms with Gasteiger partial charge < -0.3 is 15.0 Å². The number of carbonyl (C=O) groups excluding carboxylic acids is 2. The van der Waals surface area contributed by atoms with Gasteiger partial charge in [0, 0.05) is 21.5 Å². The minimum Gasteiger partial charge on any atom is -0.482 e. The molecule has 2 aromatic rings. The van der Waals surface area contributed by atoms with E-state index in [2.05, 4.69) is 37.2 Å². The maximum Gasteiger partial charge on any atom is 0.261 e. The first-order chi connectivity index (χ1) is 14.8. The SMILES string of the molecule is C[C@@H](C(=O)NC1CCCC1)N(Cc1cccc(Br)c1)C(=O)COc1ccc(Br)cc1Cl. The van der Waals surface area contributed by atoms with Gasteiger partial charge in [0.2, 0.25) is 5.91 Å². The Morgan fingerprint density at radius 1 is 1.16 bits per heavy atom. The van der Waals surface area contributed by atoms with Crippen LogP contribution in [0.25, 0.3) is 0 Å². The number of nitrogens with one attached hydrogen (secondary N) is 1. The fraction of sp³-hybridized carbons (Fsp3) is 0.391. The molecule has 31 heavy (non-hydrogen) atoms. The fourth-order valence-corrected chi connectivity index (χ4v) is 4.80. The Hall–Kier alpha value is -1.57. The summed E-state index contributed by atoms with van der Waals surface area (Å²) in [5.41, 5.74) is 0.921. The summed E-state index contributed by atoms with van der Waals surface area (Å²) in [5, 5.41) is 3.50. The summed E-state index contributed by atoms with van der Waals surface area (Å²) >= 11 is 13.0. The summed E-state index contributed by atoms with van der Waals surface area (Å²) in [6, 6.07) is 12.5. The highest BCUT2D eigenvalue weighted by molar-refractivity contribution is 9.10. The standard InChI is InChI=1S/C23H25Br2ClN2O3/c1-15(23(30)27-19-7-2-3-8-19)28(13-16-5-4-6-17(24)11-16)22(29)14-31-21-10-9-18(25)12-20(21)26/h4-6,9-12,15,19H,2-3,7-8,13-14H2,1H3,(H,27,30)/t15-/m0/s1. The summed E-state index contributed by atoms with van der Waals surface area (Å²) in [4.78, 5) is 27.6. The van der Waals surface area contributed by atoms with Gasteiger partial charge in [-0.3, -0.25) is 9.59 Å². The van der Waals surface area contributed by atoms with E-state index in [0.29, 0.717) is 17.3 Å². The second-order valence-corrected chi connectivity index (χ2v) is 9.92. The summed E-state index contributed by atoms with van der Waals surface area (Å²) in [7, 11) is 0. The van der Waals surface area contributed by atoms with E-state index >= 15 is 0 Å². The smallest absolute Gasteiger partial charge is 0.261 e. The zero-order chi connectivity index (χ0) is 22.4. The molecule has 0 unspecified atom stereocenters. The molecule has 0 radical (unpaired) electrons. The molecule has 2 amide bonds. The van der Waals surface area contributed by atoms with Crippen LogP contribution in [-0.4, -0.2) is 35.4 Å². The third-order valence-electron chi connectivity index (χ3n) is 5.36. The lowest BCUT2D eigenvalue weighted by Gasteiger charge is -2.29. The molecular weight excluding hydrogens is 548 g/mol. The van der Waals surface area contributed by atoms with Crippen molar-refractivity contribution < 1.29 is 14.3 Å². The van der Waals surface area contributed by atoms with Gasteiger partial charge in [-0.15, -0.1) is 0 Å². The fourth-order valence-electron chi connectivity index (χ4n) is 3.62. The summed E-state index contributed by atoms with van der Waals surface area (Å²) in [5.74, 6) is -0.00589. The van der Waals surface area contributed by atoms with Crippen molar-refractivity contribution in [3.8, 4) is 5.75 Å². The lowest BCUT2D eigenvalue weighted by atomic mass is 10.1. The molecule has 5 nitrogen and oxygen atoms in total. The molecular formula is C23H25Br2ClN2O3. The van der Waals surface area contributed by atoms with Crippen LogP contribution in [0, 0.1) is 0 Å². The Labute approximate surface area is 204 Å². The van der Waals surface area contributed by atoms with Gasteiger partial charge in [-0.2, -0.15) is 0 Å². The first-order valence-electron chi connectivity index (χ1n) is 10.3. The van der Waals surface area contributed by atoms with Crippen LogP contribution >= 0.6 is 43.5 Å². The molecule has 0 heterocycles. The third kappa shape index (κ3) is 6.96. The van der Waals surface area contributed by atoms with E-state index in [4.69, 9.17) is 16.3 Å². The van der Waals surface area contributed by atoms with Crippen LogP contribution in [0.4, 0.5) is 0 Å². The lowest BCUT2D eigenvalue weighted by Crippen LogP contribution is -2.50. The minimum absolute atomic E-state index is 0.142. The topological polar surface area (TPSA) is 58.6 Å². The second kappa shape index (κ2) is 11.3. The summed E-state index contributed by atoms with van der Waals surface area (Å²) in [6.45, 7) is 1.85. The average Bonchev–Trinajstić information content (AvgIpc) is 3.23. The van der Waals surface area contributed by atoms with Crippen LogP contribution in [0.2, 0.25) is 5.02 Å². The van der Waals surface area contributed by atoms with Gasteiger partial charge in [0.1, 0.15) is 11.8 Å². The Balaban J connectivity index is 1.73. The normalized spacial score (nSPS) is 14.8. The molecule has 1 aliphatic carbocycles. The number of amides is 2. The van der Waals surface area contributed by atoms with Gasteiger partial charge in [-0.1, -0.05) is 68.4 Å². The van der Waals surface area contributed by atoms with E-state index < -0.39 is 6.04 Å². The lowest BCUT2D eigenvalue weighted by molar-refractivity contribution is -0.142. The summed E-state index contributed by atoms with van der Waals surface area (Å²) in [6.07, 6.45) is 4.23. The number of carbonyl (C=O) groups is 2. The Morgan fingerprint density at radius 3 is 2.55 bits per heavy atom. The quantitative estimate of drug-likeness (QED) is 0.440. The number of rotatable bonds is 8. The van der Waals surface area contributed by atoms with Crippen LogP contribution in [0.15, 0.2) is 51.4 Å². The van der Waals surface area contributed by atoms with E-state index in [-0.39, 0.29) is 24.5 Å². The number of halogens is 3. The molecule has 3 rings (SSSR count). The largest absolute Gasteiger partial charge is 0.482 e. The van der Waals surface area contributed by atoms with Crippen LogP contribution < -0.4 is 10.1 Å². The van der Waals surface area contributed by atoms with Gasteiger partial charge in [0.05, 0.1) is 5.02 Å². The van der Waals surface area contributed by atoms with Crippen LogP contribution in [0.5, 0.6) is 5.75 Å². The molecule has 0 spiro atoms. The van der Waals surface area contributed by atoms with E-state index in [9.17, 15) is 9.59 Å².